The fraction of sp³-hybridized carbons (Fsp3) is 0.583. The Balaban J connectivity index is 1.53. The van der Waals surface area contributed by atoms with Crippen LogP contribution in [0.4, 0.5) is 19.0 Å². The lowest BCUT2D eigenvalue weighted by Gasteiger charge is -2.39. The summed E-state index contributed by atoms with van der Waals surface area (Å²) in [6, 6.07) is 9.42. The summed E-state index contributed by atoms with van der Waals surface area (Å²) in [5.74, 6) is 0.135. The van der Waals surface area contributed by atoms with Crippen LogP contribution in [0.3, 0.4) is 0 Å². The Bertz CT molecular complexity index is 964. The van der Waals surface area contributed by atoms with Crippen molar-refractivity contribution < 1.29 is 18.0 Å². The molecule has 5 nitrogen and oxygen atoms in total. The Morgan fingerprint density at radius 2 is 1.88 bits per heavy atom. The Morgan fingerprint density at radius 3 is 2.50 bits per heavy atom. The Morgan fingerprint density at radius 1 is 1.19 bits per heavy atom. The lowest BCUT2D eigenvalue weighted by molar-refractivity contribution is -0.175. The zero-order chi connectivity index (χ0) is 23.3. The highest BCUT2D eigenvalue weighted by Gasteiger charge is 2.48. The van der Waals surface area contributed by atoms with Crippen LogP contribution in [0.15, 0.2) is 36.4 Å². The van der Waals surface area contributed by atoms with E-state index in [2.05, 4.69) is 10.4 Å². The van der Waals surface area contributed by atoms with E-state index < -0.39 is 12.2 Å². The molecule has 0 bridgehead atoms. The minimum atomic E-state index is -4.37. The number of aromatic nitrogens is 2. The number of fused-ring (bicyclic) bond motifs is 1. The summed E-state index contributed by atoms with van der Waals surface area (Å²) in [5, 5.41) is 7.67. The van der Waals surface area contributed by atoms with Gasteiger partial charge in [-0.2, -0.15) is 18.3 Å². The van der Waals surface area contributed by atoms with Gasteiger partial charge in [-0.15, -0.1) is 0 Å². The SMILES string of the molecule is CC(C(=O)N1CCC(c2cc3n(n2)C(C(F)(F)F)CC(C(C)(C)C)N3)C1)c1ccccc1. The van der Waals surface area contributed by atoms with Crippen molar-refractivity contribution in [2.75, 3.05) is 18.4 Å². The number of carbonyl (C=O) groups excluding carboxylic acids is 1. The van der Waals surface area contributed by atoms with E-state index in [1.54, 1.807) is 6.07 Å². The van der Waals surface area contributed by atoms with E-state index in [1.807, 2.05) is 62.9 Å². The molecule has 32 heavy (non-hydrogen) atoms. The molecule has 1 aromatic heterocycles. The van der Waals surface area contributed by atoms with Crippen LogP contribution in [0.5, 0.6) is 0 Å². The molecule has 1 amide bonds. The molecule has 1 fully saturated rings. The maximum absolute atomic E-state index is 13.8. The third-order valence-electron chi connectivity index (χ3n) is 6.84. The number of amides is 1. The fourth-order valence-electron chi connectivity index (χ4n) is 4.72. The summed E-state index contributed by atoms with van der Waals surface area (Å²) >= 11 is 0. The number of nitrogens with zero attached hydrogens (tertiary/aromatic N) is 3. The van der Waals surface area contributed by atoms with Gasteiger partial charge in [-0.25, -0.2) is 4.68 Å². The van der Waals surface area contributed by atoms with Gasteiger partial charge in [0.1, 0.15) is 5.82 Å². The van der Waals surface area contributed by atoms with Gasteiger partial charge in [0.05, 0.1) is 11.6 Å². The second-order valence-electron chi connectivity index (χ2n) is 10.2. The number of hydrogen-bond acceptors (Lipinski definition) is 3. The van der Waals surface area contributed by atoms with Crippen LogP contribution in [-0.4, -0.2) is 45.9 Å². The predicted octanol–water partition coefficient (Wildman–Crippen LogP) is 5.34. The van der Waals surface area contributed by atoms with Gasteiger partial charge in [-0.05, 0) is 30.7 Å². The second kappa shape index (κ2) is 8.12. The molecular formula is C24H31F3N4O. The third-order valence-corrected chi connectivity index (χ3v) is 6.84. The molecule has 0 spiro atoms. The number of nitrogens with one attached hydrogen (secondary N) is 1. The van der Waals surface area contributed by atoms with Crippen molar-refractivity contribution in [3.63, 3.8) is 0 Å². The molecule has 1 N–H and O–H groups in total. The molecule has 2 aliphatic rings. The highest BCUT2D eigenvalue weighted by atomic mass is 19.4. The maximum Gasteiger partial charge on any atom is 0.410 e. The molecule has 1 saturated heterocycles. The topological polar surface area (TPSA) is 50.2 Å². The van der Waals surface area contributed by atoms with Crippen LogP contribution in [-0.2, 0) is 4.79 Å². The minimum absolute atomic E-state index is 0.0433. The van der Waals surface area contributed by atoms with E-state index in [9.17, 15) is 18.0 Å². The van der Waals surface area contributed by atoms with Crippen LogP contribution >= 0.6 is 0 Å². The Labute approximate surface area is 187 Å². The number of rotatable bonds is 3. The molecule has 0 aliphatic carbocycles. The van der Waals surface area contributed by atoms with Crippen molar-refractivity contribution in [2.45, 2.75) is 70.6 Å². The monoisotopic (exact) mass is 448 g/mol. The number of alkyl halides is 3. The summed E-state index contributed by atoms with van der Waals surface area (Å²) in [5.41, 5.74) is 1.27. The quantitative estimate of drug-likeness (QED) is 0.690. The van der Waals surface area contributed by atoms with E-state index in [0.29, 0.717) is 31.0 Å². The first-order valence-corrected chi connectivity index (χ1v) is 11.2. The summed E-state index contributed by atoms with van der Waals surface area (Å²) in [6.45, 7) is 8.79. The highest BCUT2D eigenvalue weighted by Crippen LogP contribution is 2.44. The van der Waals surface area contributed by atoms with Crippen LogP contribution in [0.25, 0.3) is 0 Å². The van der Waals surface area contributed by atoms with Crippen LogP contribution in [0.1, 0.15) is 69.7 Å². The molecule has 0 radical (unpaired) electrons. The zero-order valence-corrected chi connectivity index (χ0v) is 19.0. The van der Waals surface area contributed by atoms with E-state index in [1.165, 1.54) is 0 Å². The van der Waals surface area contributed by atoms with E-state index in [-0.39, 0.29) is 35.6 Å². The van der Waals surface area contributed by atoms with Crippen molar-refractivity contribution in [3.8, 4) is 0 Å². The average Bonchev–Trinajstić information content (AvgIpc) is 3.38. The summed E-state index contributed by atoms with van der Waals surface area (Å²) in [7, 11) is 0. The number of anilines is 1. The van der Waals surface area contributed by atoms with Crippen molar-refractivity contribution in [3.05, 3.63) is 47.7 Å². The molecule has 2 aliphatic heterocycles. The fourth-order valence-corrected chi connectivity index (χ4v) is 4.72. The molecule has 1 aromatic carbocycles. The maximum atomic E-state index is 13.8. The van der Waals surface area contributed by atoms with Crippen molar-refractivity contribution in [2.24, 2.45) is 5.41 Å². The molecule has 2 aromatic rings. The number of hydrogen-bond donors (Lipinski definition) is 1. The highest BCUT2D eigenvalue weighted by molar-refractivity contribution is 5.83. The Kier molecular flexibility index (Phi) is 5.75. The molecular weight excluding hydrogens is 417 g/mol. The second-order valence-corrected chi connectivity index (χ2v) is 10.2. The molecule has 4 atom stereocenters. The van der Waals surface area contributed by atoms with Crippen LogP contribution in [0, 0.1) is 5.41 Å². The third kappa shape index (κ3) is 4.36. The lowest BCUT2D eigenvalue weighted by Crippen LogP contribution is -2.44. The van der Waals surface area contributed by atoms with Crippen molar-refractivity contribution in [1.29, 1.82) is 0 Å². The number of likely N-dealkylation sites (tertiary alicyclic amines) is 1. The first-order valence-electron chi connectivity index (χ1n) is 11.2. The summed E-state index contributed by atoms with van der Waals surface area (Å²) in [6.07, 6.45) is -3.72. The van der Waals surface area contributed by atoms with E-state index in [4.69, 9.17) is 0 Å². The van der Waals surface area contributed by atoms with Crippen molar-refractivity contribution >= 4 is 11.7 Å². The first kappa shape index (κ1) is 22.7. The molecule has 4 unspecified atom stereocenters. The smallest absolute Gasteiger partial charge is 0.367 e. The van der Waals surface area contributed by atoms with Gasteiger partial charge in [0.25, 0.3) is 0 Å². The summed E-state index contributed by atoms with van der Waals surface area (Å²) in [4.78, 5) is 14.8. The number of halogens is 3. The van der Waals surface area contributed by atoms with Gasteiger partial charge in [-0.3, -0.25) is 4.79 Å². The Hall–Kier alpha value is -2.51. The van der Waals surface area contributed by atoms with Gasteiger partial charge >= 0.3 is 6.18 Å². The summed E-state index contributed by atoms with van der Waals surface area (Å²) < 4.78 is 42.6. The molecule has 8 heteroatoms. The minimum Gasteiger partial charge on any atom is -0.367 e. The zero-order valence-electron chi connectivity index (χ0n) is 19.0. The van der Waals surface area contributed by atoms with Gasteiger partial charge in [0, 0.05) is 31.1 Å². The molecule has 3 heterocycles. The number of benzene rings is 1. The van der Waals surface area contributed by atoms with Gasteiger partial charge in [-0.1, -0.05) is 51.1 Å². The van der Waals surface area contributed by atoms with Crippen LogP contribution < -0.4 is 5.32 Å². The average molecular weight is 449 g/mol. The predicted molar refractivity (Wildman–Crippen MR) is 118 cm³/mol. The van der Waals surface area contributed by atoms with Gasteiger partial charge in [0.2, 0.25) is 5.91 Å². The van der Waals surface area contributed by atoms with Crippen LogP contribution in [0.2, 0.25) is 0 Å². The molecule has 174 valence electrons. The van der Waals surface area contributed by atoms with E-state index in [0.717, 1.165) is 10.2 Å². The largest absolute Gasteiger partial charge is 0.410 e. The number of carbonyl (C=O) groups is 1. The lowest BCUT2D eigenvalue weighted by atomic mass is 9.82. The molecule has 0 saturated carbocycles. The molecule has 4 rings (SSSR count). The van der Waals surface area contributed by atoms with Gasteiger partial charge < -0.3 is 10.2 Å². The normalized spacial score (nSPS) is 24.7. The van der Waals surface area contributed by atoms with Crippen molar-refractivity contribution in [1.82, 2.24) is 14.7 Å². The van der Waals surface area contributed by atoms with Gasteiger partial charge in [0.15, 0.2) is 6.04 Å². The standard InChI is InChI=1S/C24H31F3N4O/c1-15(16-8-6-5-7-9-16)22(32)30-11-10-17(14-30)18-12-21-28-19(23(2,3)4)13-20(24(25,26)27)31(21)29-18/h5-9,12,15,17,19-20,28H,10-11,13-14H2,1-4H3. The van der Waals surface area contributed by atoms with E-state index >= 15 is 0 Å². The first-order chi connectivity index (χ1) is 14.9.